The van der Waals surface area contributed by atoms with Crippen molar-refractivity contribution in [3.05, 3.63) is 112 Å². The Bertz CT molecular complexity index is 1550. The van der Waals surface area contributed by atoms with Gasteiger partial charge in [-0.2, -0.15) is 0 Å². The molecule has 0 unspecified atom stereocenters. The fourth-order valence-electron chi connectivity index (χ4n) is 4.31. The lowest BCUT2D eigenvalue weighted by Gasteiger charge is -2.09. The first-order valence-electron chi connectivity index (χ1n) is 11.9. The van der Waals surface area contributed by atoms with E-state index in [0.717, 1.165) is 34.4 Å². The lowest BCUT2D eigenvalue weighted by Crippen LogP contribution is -2.26. The van der Waals surface area contributed by atoms with E-state index < -0.39 is 0 Å². The van der Waals surface area contributed by atoms with Crippen LogP contribution < -0.4 is 5.69 Å². The SMILES string of the molecule is CC#CCc1cn(CCc2ccccc2)c(=O)n1Cc1ccc(-c2ccccc2-c2nnn[nH]2)cc1. The first-order valence-corrected chi connectivity index (χ1v) is 11.9. The number of imidazole rings is 1. The topological polar surface area (TPSA) is 81.4 Å². The van der Waals surface area contributed by atoms with E-state index in [1.54, 1.807) is 4.57 Å². The van der Waals surface area contributed by atoms with Gasteiger partial charge >= 0.3 is 5.69 Å². The third-order valence-corrected chi connectivity index (χ3v) is 6.19. The first kappa shape index (κ1) is 23.1. The summed E-state index contributed by atoms with van der Waals surface area (Å²) in [5.74, 6) is 6.68. The number of benzene rings is 3. The summed E-state index contributed by atoms with van der Waals surface area (Å²) >= 11 is 0. The van der Waals surface area contributed by atoms with Crippen molar-refractivity contribution in [1.29, 1.82) is 0 Å². The molecule has 2 aromatic heterocycles. The summed E-state index contributed by atoms with van der Waals surface area (Å²) in [6.45, 7) is 2.95. The summed E-state index contributed by atoms with van der Waals surface area (Å²) in [4.78, 5) is 13.3. The van der Waals surface area contributed by atoms with Crippen LogP contribution >= 0.6 is 0 Å². The van der Waals surface area contributed by atoms with Crippen molar-refractivity contribution < 1.29 is 0 Å². The number of aryl methyl sites for hydroxylation is 2. The molecule has 0 aliphatic carbocycles. The molecule has 36 heavy (non-hydrogen) atoms. The Kier molecular flexibility index (Phi) is 6.86. The highest BCUT2D eigenvalue weighted by molar-refractivity contribution is 5.80. The van der Waals surface area contributed by atoms with Crippen molar-refractivity contribution in [3.8, 4) is 34.4 Å². The van der Waals surface area contributed by atoms with Gasteiger partial charge in [0.15, 0.2) is 5.82 Å². The molecular formula is C29H26N6O. The van der Waals surface area contributed by atoms with E-state index in [4.69, 9.17) is 0 Å². The molecule has 0 saturated heterocycles. The minimum Gasteiger partial charge on any atom is -0.299 e. The van der Waals surface area contributed by atoms with Gasteiger partial charge in [-0.3, -0.25) is 9.13 Å². The maximum absolute atomic E-state index is 13.3. The molecule has 7 heteroatoms. The van der Waals surface area contributed by atoms with E-state index in [0.29, 0.717) is 25.3 Å². The molecule has 0 radical (unpaired) electrons. The largest absolute Gasteiger partial charge is 0.328 e. The summed E-state index contributed by atoms with van der Waals surface area (Å²) in [7, 11) is 0. The van der Waals surface area contributed by atoms with Crippen molar-refractivity contribution >= 4 is 0 Å². The molecule has 0 amide bonds. The van der Waals surface area contributed by atoms with Gasteiger partial charge in [-0.15, -0.1) is 11.0 Å². The number of aromatic amines is 1. The third-order valence-electron chi connectivity index (χ3n) is 6.19. The van der Waals surface area contributed by atoms with Crippen molar-refractivity contribution in [2.45, 2.75) is 32.9 Å². The monoisotopic (exact) mass is 474 g/mol. The first-order chi connectivity index (χ1) is 17.7. The van der Waals surface area contributed by atoms with Crippen molar-refractivity contribution in [2.24, 2.45) is 0 Å². The van der Waals surface area contributed by atoms with Crippen LogP contribution in [0, 0.1) is 11.8 Å². The van der Waals surface area contributed by atoms with E-state index in [9.17, 15) is 4.79 Å². The van der Waals surface area contributed by atoms with E-state index in [2.05, 4.69) is 68.9 Å². The Morgan fingerprint density at radius 1 is 0.889 bits per heavy atom. The fraction of sp³-hybridized carbons (Fsp3) is 0.172. The molecule has 0 fully saturated rings. The van der Waals surface area contributed by atoms with E-state index in [-0.39, 0.29) is 5.69 Å². The molecule has 0 aliphatic rings. The molecular weight excluding hydrogens is 448 g/mol. The Labute approximate surface area is 209 Å². The quantitative estimate of drug-likeness (QED) is 0.339. The van der Waals surface area contributed by atoms with Gasteiger partial charge in [0.1, 0.15) is 0 Å². The third kappa shape index (κ3) is 5.03. The summed E-state index contributed by atoms with van der Waals surface area (Å²) < 4.78 is 3.63. The summed E-state index contributed by atoms with van der Waals surface area (Å²) in [6.07, 6.45) is 3.30. The number of hydrogen-bond donors (Lipinski definition) is 1. The standard InChI is InChI=1S/C29H26N6O/c1-2-3-11-25-21-34(19-18-22-9-5-4-6-10-22)29(36)35(25)20-23-14-16-24(17-15-23)26-12-7-8-13-27(26)28-30-32-33-31-28/h4-10,12-17,21H,11,18-20H2,1H3,(H,30,31,32,33). The van der Waals surface area contributed by atoms with Gasteiger partial charge < -0.3 is 0 Å². The second-order valence-corrected chi connectivity index (χ2v) is 8.51. The van der Waals surface area contributed by atoms with Crippen LogP contribution in [0.4, 0.5) is 0 Å². The van der Waals surface area contributed by atoms with Crippen LogP contribution in [0.2, 0.25) is 0 Å². The molecule has 0 atom stereocenters. The van der Waals surface area contributed by atoms with Crippen LogP contribution in [0.25, 0.3) is 22.5 Å². The number of aromatic nitrogens is 6. The summed E-state index contributed by atoms with van der Waals surface area (Å²) in [5.41, 5.74) is 6.19. The number of hydrogen-bond acceptors (Lipinski definition) is 4. The molecule has 0 spiro atoms. The van der Waals surface area contributed by atoms with E-state index in [1.807, 2.05) is 60.2 Å². The molecule has 0 aliphatic heterocycles. The number of rotatable bonds is 8. The van der Waals surface area contributed by atoms with E-state index in [1.165, 1.54) is 5.56 Å². The van der Waals surface area contributed by atoms with Crippen LogP contribution in [0.3, 0.4) is 0 Å². The Balaban J connectivity index is 1.40. The lowest BCUT2D eigenvalue weighted by molar-refractivity contribution is 0.631. The van der Waals surface area contributed by atoms with Gasteiger partial charge in [0, 0.05) is 18.3 Å². The number of nitrogens with zero attached hydrogens (tertiary/aromatic N) is 5. The smallest absolute Gasteiger partial charge is 0.299 e. The average molecular weight is 475 g/mol. The van der Waals surface area contributed by atoms with Crippen LogP contribution in [0.5, 0.6) is 0 Å². The zero-order chi connectivity index (χ0) is 24.7. The number of nitrogens with one attached hydrogen (secondary N) is 1. The molecule has 178 valence electrons. The Morgan fingerprint density at radius 3 is 2.36 bits per heavy atom. The van der Waals surface area contributed by atoms with Gasteiger partial charge in [-0.05, 0) is 46.0 Å². The predicted octanol–water partition coefficient (Wildman–Crippen LogP) is 4.35. The number of H-pyrrole nitrogens is 1. The van der Waals surface area contributed by atoms with Crippen LogP contribution in [-0.2, 0) is 25.9 Å². The van der Waals surface area contributed by atoms with Crippen LogP contribution in [-0.4, -0.2) is 29.8 Å². The van der Waals surface area contributed by atoms with Gasteiger partial charge in [0.25, 0.3) is 0 Å². The molecule has 0 bridgehead atoms. The second kappa shape index (κ2) is 10.7. The summed E-state index contributed by atoms with van der Waals surface area (Å²) in [6, 6.07) is 26.5. The average Bonchev–Trinajstić information content (AvgIpc) is 3.56. The molecule has 1 N–H and O–H groups in total. The maximum Gasteiger partial charge on any atom is 0.328 e. The zero-order valence-electron chi connectivity index (χ0n) is 20.1. The zero-order valence-corrected chi connectivity index (χ0v) is 20.1. The lowest BCUT2D eigenvalue weighted by atomic mass is 9.98. The number of tetrazole rings is 1. The second-order valence-electron chi connectivity index (χ2n) is 8.51. The maximum atomic E-state index is 13.3. The molecule has 5 aromatic rings. The molecule has 5 rings (SSSR count). The van der Waals surface area contributed by atoms with Gasteiger partial charge in [0.05, 0.1) is 18.7 Å². The highest BCUT2D eigenvalue weighted by Crippen LogP contribution is 2.29. The van der Waals surface area contributed by atoms with Crippen molar-refractivity contribution in [1.82, 2.24) is 29.8 Å². The van der Waals surface area contributed by atoms with Gasteiger partial charge in [-0.1, -0.05) is 84.8 Å². The normalized spacial score (nSPS) is 10.7. The van der Waals surface area contributed by atoms with Gasteiger partial charge in [0.2, 0.25) is 0 Å². The predicted molar refractivity (Wildman–Crippen MR) is 140 cm³/mol. The van der Waals surface area contributed by atoms with Gasteiger partial charge in [-0.25, -0.2) is 9.89 Å². The Morgan fingerprint density at radius 2 is 1.64 bits per heavy atom. The minimum absolute atomic E-state index is 0.00826. The highest BCUT2D eigenvalue weighted by Gasteiger charge is 2.13. The van der Waals surface area contributed by atoms with E-state index >= 15 is 0 Å². The van der Waals surface area contributed by atoms with Crippen molar-refractivity contribution in [3.63, 3.8) is 0 Å². The Hall–Kier alpha value is -4.70. The summed E-state index contributed by atoms with van der Waals surface area (Å²) in [5, 5.41) is 14.3. The molecule has 3 aromatic carbocycles. The van der Waals surface area contributed by atoms with Crippen LogP contribution in [0.1, 0.15) is 23.7 Å². The fourth-order valence-corrected chi connectivity index (χ4v) is 4.31. The molecule has 7 nitrogen and oxygen atoms in total. The molecule has 2 heterocycles. The minimum atomic E-state index is -0.00826. The molecule has 0 saturated carbocycles. The van der Waals surface area contributed by atoms with Crippen LogP contribution in [0.15, 0.2) is 89.9 Å². The van der Waals surface area contributed by atoms with Crippen molar-refractivity contribution in [2.75, 3.05) is 0 Å². The highest BCUT2D eigenvalue weighted by atomic mass is 16.1.